The first-order valence-corrected chi connectivity index (χ1v) is 11.2. The number of benzene rings is 2. The molecule has 0 heterocycles. The standard InChI is InChI=1S/C25H28Cl2O6/c1-6-7-8-9-10-17(18-11-15(26)13-20(22(18)30-2)24(28)32-4)19-12-16(27)14-21(23(19)31-3)25(29)33-5/h10-14H,6-9H2,1-5H3. The number of carbonyl (C=O) groups excluding carboxylic acids is 2. The van der Waals surface area contributed by atoms with Gasteiger partial charge < -0.3 is 18.9 Å². The Kier molecular flexibility index (Phi) is 10.1. The van der Waals surface area contributed by atoms with Crippen LogP contribution in [0.5, 0.6) is 11.5 Å². The molecule has 0 saturated heterocycles. The van der Waals surface area contributed by atoms with Crippen LogP contribution in [0, 0.1) is 0 Å². The van der Waals surface area contributed by atoms with Gasteiger partial charge in [0.1, 0.15) is 22.6 Å². The van der Waals surface area contributed by atoms with E-state index in [1.165, 1.54) is 40.6 Å². The highest BCUT2D eigenvalue weighted by Gasteiger charge is 2.25. The number of hydrogen-bond donors (Lipinski definition) is 0. The van der Waals surface area contributed by atoms with Gasteiger partial charge in [-0.2, -0.15) is 0 Å². The largest absolute Gasteiger partial charge is 0.495 e. The molecule has 0 atom stereocenters. The number of hydrogen-bond acceptors (Lipinski definition) is 6. The minimum absolute atomic E-state index is 0.177. The van der Waals surface area contributed by atoms with E-state index in [1.807, 2.05) is 6.08 Å². The van der Waals surface area contributed by atoms with Gasteiger partial charge in [0.05, 0.1) is 28.4 Å². The highest BCUT2D eigenvalue weighted by Crippen LogP contribution is 2.42. The van der Waals surface area contributed by atoms with Gasteiger partial charge in [0, 0.05) is 21.2 Å². The first-order chi connectivity index (χ1) is 15.8. The summed E-state index contributed by atoms with van der Waals surface area (Å²) in [6.07, 6.45) is 5.78. The molecule has 0 amide bonds. The van der Waals surface area contributed by atoms with Crippen LogP contribution in [0.4, 0.5) is 0 Å². The van der Waals surface area contributed by atoms with Crippen molar-refractivity contribution in [2.24, 2.45) is 0 Å². The molecule has 0 radical (unpaired) electrons. The van der Waals surface area contributed by atoms with Crippen molar-refractivity contribution < 1.29 is 28.5 Å². The Morgan fingerprint density at radius 1 is 0.758 bits per heavy atom. The molecular weight excluding hydrogens is 467 g/mol. The Morgan fingerprint density at radius 3 is 1.55 bits per heavy atom. The number of allylic oxidation sites excluding steroid dienone is 1. The summed E-state index contributed by atoms with van der Waals surface area (Å²) in [4.78, 5) is 24.9. The topological polar surface area (TPSA) is 71.1 Å². The smallest absolute Gasteiger partial charge is 0.341 e. The van der Waals surface area contributed by atoms with E-state index in [4.69, 9.17) is 42.1 Å². The van der Waals surface area contributed by atoms with E-state index in [0.29, 0.717) is 26.7 Å². The molecule has 33 heavy (non-hydrogen) atoms. The fourth-order valence-electron chi connectivity index (χ4n) is 3.56. The Balaban J connectivity index is 2.89. The summed E-state index contributed by atoms with van der Waals surface area (Å²) in [6.45, 7) is 2.12. The maximum Gasteiger partial charge on any atom is 0.341 e. The van der Waals surface area contributed by atoms with Crippen LogP contribution in [0.3, 0.4) is 0 Å². The van der Waals surface area contributed by atoms with Gasteiger partial charge >= 0.3 is 11.9 Å². The molecule has 2 aromatic rings. The Hall–Kier alpha value is -2.70. The molecule has 0 spiro atoms. The summed E-state index contributed by atoms with van der Waals surface area (Å²) in [7, 11) is 5.49. The third-order valence-corrected chi connectivity index (χ3v) is 5.50. The van der Waals surface area contributed by atoms with E-state index >= 15 is 0 Å². The summed E-state index contributed by atoms with van der Waals surface area (Å²) in [5, 5.41) is 0.639. The number of esters is 2. The molecule has 0 unspecified atom stereocenters. The van der Waals surface area contributed by atoms with Crippen molar-refractivity contribution in [2.75, 3.05) is 28.4 Å². The monoisotopic (exact) mass is 494 g/mol. The van der Waals surface area contributed by atoms with Gasteiger partial charge in [-0.1, -0.05) is 49.0 Å². The maximum atomic E-state index is 12.4. The van der Waals surface area contributed by atoms with Gasteiger partial charge in [0.15, 0.2) is 0 Å². The average Bonchev–Trinajstić information content (AvgIpc) is 2.81. The molecule has 0 aliphatic heterocycles. The van der Waals surface area contributed by atoms with E-state index in [2.05, 4.69) is 6.92 Å². The Bertz CT molecular complexity index is 970. The number of halogens is 2. The summed E-state index contributed by atoms with van der Waals surface area (Å²) in [5.74, 6) is -0.604. The van der Waals surface area contributed by atoms with Crippen molar-refractivity contribution in [1.82, 2.24) is 0 Å². The van der Waals surface area contributed by atoms with Gasteiger partial charge in [0.25, 0.3) is 0 Å². The Labute approximate surface area is 204 Å². The van der Waals surface area contributed by atoms with Gasteiger partial charge in [0.2, 0.25) is 0 Å². The van der Waals surface area contributed by atoms with Crippen molar-refractivity contribution in [1.29, 1.82) is 0 Å². The fourth-order valence-corrected chi connectivity index (χ4v) is 3.99. The molecule has 2 rings (SSSR count). The number of ether oxygens (including phenoxy) is 4. The van der Waals surface area contributed by atoms with Crippen molar-refractivity contribution in [2.45, 2.75) is 32.6 Å². The van der Waals surface area contributed by atoms with Crippen LogP contribution in [0.25, 0.3) is 5.57 Å². The fraction of sp³-hybridized carbons (Fsp3) is 0.360. The second kappa shape index (κ2) is 12.5. The predicted octanol–water partition coefficient (Wildman–Crippen LogP) is 6.60. The quantitative estimate of drug-likeness (QED) is 0.273. The third-order valence-electron chi connectivity index (χ3n) is 5.06. The lowest BCUT2D eigenvalue weighted by molar-refractivity contribution is 0.0588. The van der Waals surface area contributed by atoms with E-state index in [0.717, 1.165) is 25.7 Å². The predicted molar refractivity (Wildman–Crippen MR) is 130 cm³/mol. The second-order valence-corrected chi connectivity index (χ2v) is 8.04. The number of unbranched alkanes of at least 4 members (excludes halogenated alkanes) is 3. The summed E-state index contributed by atoms with van der Waals surface area (Å²) >= 11 is 12.8. The van der Waals surface area contributed by atoms with Crippen molar-refractivity contribution in [3.05, 3.63) is 62.6 Å². The Morgan fingerprint density at radius 2 is 1.18 bits per heavy atom. The SMILES string of the molecule is CCCCCC=C(c1cc(Cl)cc(C(=O)OC)c1OC)c1cc(Cl)cc(C(=O)OC)c1OC. The lowest BCUT2D eigenvalue weighted by Gasteiger charge is -2.20. The lowest BCUT2D eigenvalue weighted by atomic mass is 9.91. The molecule has 0 aliphatic rings. The van der Waals surface area contributed by atoms with Crippen LogP contribution in [0.1, 0.15) is 64.4 Å². The lowest BCUT2D eigenvalue weighted by Crippen LogP contribution is -2.09. The van der Waals surface area contributed by atoms with E-state index in [-0.39, 0.29) is 22.6 Å². The molecule has 0 saturated carbocycles. The molecule has 8 heteroatoms. The van der Waals surface area contributed by atoms with Crippen LogP contribution in [0.2, 0.25) is 10.0 Å². The van der Waals surface area contributed by atoms with E-state index < -0.39 is 11.9 Å². The maximum absolute atomic E-state index is 12.4. The van der Waals surface area contributed by atoms with Crippen LogP contribution in [0.15, 0.2) is 30.3 Å². The second-order valence-electron chi connectivity index (χ2n) is 7.17. The number of rotatable bonds is 10. The molecule has 0 aromatic heterocycles. The molecule has 6 nitrogen and oxygen atoms in total. The van der Waals surface area contributed by atoms with E-state index in [9.17, 15) is 9.59 Å². The molecule has 178 valence electrons. The summed E-state index contributed by atoms with van der Waals surface area (Å²) in [5.41, 5.74) is 2.09. The van der Waals surface area contributed by atoms with Gasteiger partial charge in [-0.05, 0) is 42.7 Å². The molecule has 0 aliphatic carbocycles. The first-order valence-electron chi connectivity index (χ1n) is 10.4. The first kappa shape index (κ1) is 26.6. The summed E-state index contributed by atoms with van der Waals surface area (Å²) < 4.78 is 21.1. The van der Waals surface area contributed by atoms with E-state index in [1.54, 1.807) is 12.1 Å². The zero-order valence-electron chi connectivity index (χ0n) is 19.4. The number of methoxy groups -OCH3 is 4. The summed E-state index contributed by atoms with van der Waals surface area (Å²) in [6, 6.07) is 6.35. The number of carbonyl (C=O) groups is 2. The van der Waals surface area contributed by atoms with Crippen molar-refractivity contribution >= 4 is 40.7 Å². The molecule has 0 bridgehead atoms. The zero-order valence-corrected chi connectivity index (χ0v) is 20.9. The molecular formula is C25H28Cl2O6. The van der Waals surface area contributed by atoms with Gasteiger partial charge in [-0.3, -0.25) is 0 Å². The minimum Gasteiger partial charge on any atom is -0.495 e. The van der Waals surface area contributed by atoms with Crippen molar-refractivity contribution in [3.8, 4) is 11.5 Å². The zero-order chi connectivity index (χ0) is 24.5. The van der Waals surface area contributed by atoms with Crippen LogP contribution in [-0.2, 0) is 9.47 Å². The normalized spacial score (nSPS) is 10.4. The minimum atomic E-state index is -0.589. The molecule has 0 N–H and O–H groups in total. The highest BCUT2D eigenvalue weighted by atomic mass is 35.5. The van der Waals surface area contributed by atoms with Crippen molar-refractivity contribution in [3.63, 3.8) is 0 Å². The third kappa shape index (κ3) is 6.21. The van der Waals surface area contributed by atoms with Crippen LogP contribution < -0.4 is 9.47 Å². The highest BCUT2D eigenvalue weighted by molar-refractivity contribution is 6.32. The average molecular weight is 495 g/mol. The molecule has 0 fully saturated rings. The van der Waals surface area contributed by atoms with Gasteiger partial charge in [-0.15, -0.1) is 0 Å². The van der Waals surface area contributed by atoms with Crippen LogP contribution in [-0.4, -0.2) is 40.4 Å². The molecule has 2 aromatic carbocycles. The van der Waals surface area contributed by atoms with Crippen LogP contribution >= 0.6 is 23.2 Å². The van der Waals surface area contributed by atoms with Gasteiger partial charge in [-0.25, -0.2) is 9.59 Å².